The molecule has 2 aromatic heterocycles. The Hall–Kier alpha value is -1.82. The molecule has 7 heteroatoms. The van der Waals surface area contributed by atoms with Gasteiger partial charge in [0.05, 0.1) is 10.0 Å². The molecule has 0 radical (unpaired) electrons. The molecule has 23 heavy (non-hydrogen) atoms. The van der Waals surface area contributed by atoms with Crippen molar-refractivity contribution in [2.24, 2.45) is 0 Å². The van der Waals surface area contributed by atoms with Crippen LogP contribution in [0.2, 0.25) is 10.0 Å². The van der Waals surface area contributed by atoms with E-state index in [-0.39, 0.29) is 0 Å². The van der Waals surface area contributed by atoms with E-state index in [0.29, 0.717) is 21.0 Å². The largest absolute Gasteiger partial charge is 0.338 e. The molecule has 1 N–H and O–H groups in total. The number of hydrogen-bond donors (Lipinski definition) is 1. The minimum Gasteiger partial charge on any atom is -0.338 e. The Morgan fingerprint density at radius 2 is 1.87 bits per heavy atom. The van der Waals surface area contributed by atoms with Crippen molar-refractivity contribution in [2.45, 2.75) is 10.9 Å². The Morgan fingerprint density at radius 3 is 2.74 bits per heavy atom. The van der Waals surface area contributed by atoms with E-state index in [4.69, 9.17) is 23.2 Å². The van der Waals surface area contributed by atoms with Crippen LogP contribution in [0.4, 0.5) is 0 Å². The van der Waals surface area contributed by atoms with Crippen LogP contribution in [-0.2, 0) is 5.75 Å². The molecule has 0 bridgehead atoms. The fraction of sp³-hybridized carbons (Fsp3) is 0.0625. The Bertz CT molecular complexity index is 1020. The van der Waals surface area contributed by atoms with Crippen molar-refractivity contribution in [3.63, 3.8) is 0 Å². The zero-order chi connectivity index (χ0) is 15.8. The summed E-state index contributed by atoms with van der Waals surface area (Å²) < 4.78 is 0. The second-order valence-electron chi connectivity index (χ2n) is 5.00. The van der Waals surface area contributed by atoms with Crippen LogP contribution >= 0.6 is 35.0 Å². The number of aromatic nitrogens is 4. The molecular weight excluding hydrogens is 351 g/mol. The highest BCUT2D eigenvalue weighted by atomic mass is 35.5. The van der Waals surface area contributed by atoms with E-state index in [2.05, 4.69) is 20.2 Å². The van der Waals surface area contributed by atoms with Crippen molar-refractivity contribution in [3.8, 4) is 0 Å². The van der Waals surface area contributed by atoms with Gasteiger partial charge < -0.3 is 4.98 Å². The van der Waals surface area contributed by atoms with Crippen molar-refractivity contribution in [1.82, 2.24) is 20.2 Å². The normalized spacial score (nSPS) is 11.4. The Balaban J connectivity index is 1.61. The molecule has 0 fully saturated rings. The van der Waals surface area contributed by atoms with Crippen LogP contribution in [0.15, 0.2) is 47.6 Å². The number of H-pyrrole nitrogens is 1. The average Bonchev–Trinajstić information content (AvgIpc) is 2.93. The number of thioether (sulfide) groups is 1. The molecule has 0 saturated heterocycles. The van der Waals surface area contributed by atoms with Gasteiger partial charge in [0.15, 0.2) is 5.65 Å². The Kier molecular flexibility index (Phi) is 3.85. The van der Waals surface area contributed by atoms with Crippen LogP contribution in [0.3, 0.4) is 0 Å². The fourth-order valence-electron chi connectivity index (χ4n) is 2.34. The summed E-state index contributed by atoms with van der Waals surface area (Å²) in [5.41, 5.74) is 3.61. The van der Waals surface area contributed by atoms with Gasteiger partial charge in [-0.1, -0.05) is 59.2 Å². The molecule has 0 aliphatic carbocycles. The third-order valence-corrected chi connectivity index (χ3v) is 5.10. The van der Waals surface area contributed by atoms with Gasteiger partial charge in [0.2, 0.25) is 5.16 Å². The first-order valence-corrected chi connectivity index (χ1v) is 8.63. The van der Waals surface area contributed by atoms with E-state index in [1.165, 1.54) is 11.8 Å². The number of hydrogen-bond acceptors (Lipinski definition) is 4. The van der Waals surface area contributed by atoms with Gasteiger partial charge in [-0.3, -0.25) is 0 Å². The molecule has 4 rings (SSSR count). The summed E-state index contributed by atoms with van der Waals surface area (Å²) in [5.74, 6) is 0.699. The van der Waals surface area contributed by atoms with Crippen molar-refractivity contribution in [3.05, 3.63) is 58.1 Å². The summed E-state index contributed by atoms with van der Waals surface area (Å²) in [4.78, 5) is 7.81. The predicted octanol–water partition coefficient (Wildman–Crippen LogP) is 5.11. The molecule has 2 aromatic carbocycles. The monoisotopic (exact) mass is 360 g/mol. The predicted molar refractivity (Wildman–Crippen MR) is 95.2 cm³/mol. The number of aromatic amines is 1. The first kappa shape index (κ1) is 14.8. The summed E-state index contributed by atoms with van der Waals surface area (Å²) in [7, 11) is 0. The van der Waals surface area contributed by atoms with E-state index in [0.717, 1.165) is 27.6 Å². The molecule has 0 aliphatic heterocycles. The standard InChI is InChI=1S/C16H10Cl2N4S/c17-11-6-5-9(7-12(11)18)8-23-16-20-15-14(21-22-16)10-3-1-2-4-13(10)19-15/h1-7H,8H2,(H,19,20,22). The summed E-state index contributed by atoms with van der Waals surface area (Å²) in [6.45, 7) is 0. The van der Waals surface area contributed by atoms with Crippen molar-refractivity contribution in [2.75, 3.05) is 0 Å². The van der Waals surface area contributed by atoms with Crippen LogP contribution in [0.1, 0.15) is 5.56 Å². The van der Waals surface area contributed by atoms with Gasteiger partial charge in [-0.25, -0.2) is 4.98 Å². The maximum absolute atomic E-state index is 6.03. The van der Waals surface area contributed by atoms with Crippen LogP contribution < -0.4 is 0 Å². The minimum atomic E-state index is 0.551. The third-order valence-electron chi connectivity index (χ3n) is 3.45. The smallest absolute Gasteiger partial charge is 0.211 e. The number of nitrogens with one attached hydrogen (secondary N) is 1. The number of para-hydroxylation sites is 1. The van der Waals surface area contributed by atoms with E-state index >= 15 is 0 Å². The van der Waals surface area contributed by atoms with Crippen molar-refractivity contribution in [1.29, 1.82) is 0 Å². The van der Waals surface area contributed by atoms with Gasteiger partial charge in [0, 0.05) is 16.7 Å². The molecule has 0 amide bonds. The lowest BCUT2D eigenvalue weighted by molar-refractivity contribution is 0.878. The summed E-state index contributed by atoms with van der Waals surface area (Å²) in [6, 6.07) is 13.5. The maximum atomic E-state index is 6.03. The topological polar surface area (TPSA) is 54.5 Å². The van der Waals surface area contributed by atoms with Crippen LogP contribution in [0.5, 0.6) is 0 Å². The van der Waals surface area contributed by atoms with Crippen molar-refractivity contribution < 1.29 is 0 Å². The number of rotatable bonds is 3. The van der Waals surface area contributed by atoms with Crippen molar-refractivity contribution >= 4 is 57.0 Å². The lowest BCUT2D eigenvalue weighted by atomic mass is 10.2. The number of nitrogens with zero attached hydrogens (tertiary/aromatic N) is 3. The Morgan fingerprint density at radius 1 is 1.00 bits per heavy atom. The first-order chi connectivity index (χ1) is 11.2. The lowest BCUT2D eigenvalue weighted by Crippen LogP contribution is -1.92. The minimum absolute atomic E-state index is 0.551. The third kappa shape index (κ3) is 2.87. The number of halogens is 2. The lowest BCUT2D eigenvalue weighted by Gasteiger charge is -2.02. The molecule has 0 aliphatic rings. The van der Waals surface area contributed by atoms with Gasteiger partial charge in [-0.2, -0.15) is 0 Å². The molecule has 0 unspecified atom stereocenters. The second-order valence-corrected chi connectivity index (χ2v) is 6.76. The van der Waals surface area contributed by atoms with Gasteiger partial charge in [-0.15, -0.1) is 10.2 Å². The first-order valence-electron chi connectivity index (χ1n) is 6.88. The van der Waals surface area contributed by atoms with Gasteiger partial charge >= 0.3 is 0 Å². The molecule has 2 heterocycles. The highest BCUT2D eigenvalue weighted by molar-refractivity contribution is 7.98. The molecule has 0 atom stereocenters. The Labute approximate surface area is 146 Å². The highest BCUT2D eigenvalue weighted by Crippen LogP contribution is 2.27. The molecule has 0 spiro atoms. The summed E-state index contributed by atoms with van der Waals surface area (Å²) in [5, 5.41) is 11.3. The van der Waals surface area contributed by atoms with Crippen LogP contribution in [0, 0.1) is 0 Å². The fourth-order valence-corrected chi connectivity index (χ4v) is 3.39. The highest BCUT2D eigenvalue weighted by Gasteiger charge is 2.09. The average molecular weight is 361 g/mol. The molecular formula is C16H10Cl2N4S. The second kappa shape index (κ2) is 6.00. The molecule has 0 saturated carbocycles. The summed E-state index contributed by atoms with van der Waals surface area (Å²) in [6.07, 6.45) is 0. The van der Waals surface area contributed by atoms with E-state index < -0.39 is 0 Å². The van der Waals surface area contributed by atoms with E-state index in [1.807, 2.05) is 36.4 Å². The quantitative estimate of drug-likeness (QED) is 0.516. The van der Waals surface area contributed by atoms with Gasteiger partial charge in [0.25, 0.3) is 0 Å². The molecule has 114 valence electrons. The summed E-state index contributed by atoms with van der Waals surface area (Å²) >= 11 is 13.5. The van der Waals surface area contributed by atoms with Crippen LogP contribution in [-0.4, -0.2) is 20.2 Å². The molecule has 4 nitrogen and oxygen atoms in total. The van der Waals surface area contributed by atoms with E-state index in [1.54, 1.807) is 6.07 Å². The van der Waals surface area contributed by atoms with Gasteiger partial charge in [-0.05, 0) is 23.8 Å². The number of benzene rings is 2. The zero-order valence-electron chi connectivity index (χ0n) is 11.8. The SMILES string of the molecule is Clc1ccc(CSc2nnc3c(n2)[nH]c2ccccc23)cc1Cl. The molecule has 4 aromatic rings. The van der Waals surface area contributed by atoms with Crippen LogP contribution in [0.25, 0.3) is 22.1 Å². The maximum Gasteiger partial charge on any atom is 0.211 e. The van der Waals surface area contributed by atoms with E-state index in [9.17, 15) is 0 Å². The van der Waals surface area contributed by atoms with Gasteiger partial charge in [0.1, 0.15) is 5.52 Å². The number of fused-ring (bicyclic) bond motifs is 3. The zero-order valence-corrected chi connectivity index (χ0v) is 14.1.